The topological polar surface area (TPSA) is 75.5 Å². The zero-order valence-corrected chi connectivity index (χ0v) is 18.8. The summed E-state index contributed by atoms with van der Waals surface area (Å²) >= 11 is 1.29. The number of piperidine rings is 2. The Morgan fingerprint density at radius 2 is 1.97 bits per heavy atom. The van der Waals surface area contributed by atoms with Gasteiger partial charge in [-0.25, -0.2) is 4.98 Å². The zero-order valence-electron chi connectivity index (χ0n) is 18.0. The summed E-state index contributed by atoms with van der Waals surface area (Å²) < 4.78 is 1.39. The Bertz CT molecular complexity index is 1030. The van der Waals surface area contributed by atoms with E-state index in [1.54, 1.807) is 0 Å². The number of carbonyl (C=O) groups is 2. The molecule has 0 N–H and O–H groups in total. The summed E-state index contributed by atoms with van der Waals surface area (Å²) in [5.41, 5.74) is 0.446. The van der Waals surface area contributed by atoms with E-state index >= 15 is 0 Å². The Morgan fingerprint density at radius 1 is 1.17 bits per heavy atom. The highest BCUT2D eigenvalue weighted by molar-refractivity contribution is 7.20. The van der Waals surface area contributed by atoms with Gasteiger partial charge in [-0.15, -0.1) is 11.3 Å². The minimum absolute atomic E-state index is 0.00564. The van der Waals surface area contributed by atoms with Crippen molar-refractivity contribution >= 4 is 33.4 Å². The van der Waals surface area contributed by atoms with Crippen LogP contribution in [0.25, 0.3) is 10.2 Å². The molecular formula is C22H30N4O3S. The second kappa shape index (κ2) is 8.49. The van der Waals surface area contributed by atoms with Crippen LogP contribution in [0.2, 0.25) is 0 Å². The van der Waals surface area contributed by atoms with Crippen molar-refractivity contribution in [3.8, 4) is 0 Å². The van der Waals surface area contributed by atoms with E-state index in [2.05, 4.69) is 18.8 Å². The maximum absolute atomic E-state index is 13.1. The average molecular weight is 431 g/mol. The van der Waals surface area contributed by atoms with Gasteiger partial charge in [-0.2, -0.15) is 0 Å². The number of thiophene rings is 1. The predicted molar refractivity (Wildman–Crippen MR) is 118 cm³/mol. The van der Waals surface area contributed by atoms with E-state index in [4.69, 9.17) is 0 Å². The Kier molecular flexibility index (Phi) is 5.95. The number of rotatable bonds is 3. The molecule has 0 aliphatic carbocycles. The lowest BCUT2D eigenvalue weighted by Crippen LogP contribution is -2.44. The van der Waals surface area contributed by atoms with Crippen LogP contribution in [0.3, 0.4) is 0 Å². The fourth-order valence-corrected chi connectivity index (χ4v) is 5.81. The number of carbonyl (C=O) groups excluding carboxylic acids is 2. The van der Waals surface area contributed by atoms with Crippen molar-refractivity contribution in [1.82, 2.24) is 19.4 Å². The third kappa shape index (κ3) is 3.89. The lowest BCUT2D eigenvalue weighted by Gasteiger charge is -2.33. The van der Waals surface area contributed by atoms with Crippen LogP contribution in [-0.4, -0.2) is 56.8 Å². The van der Waals surface area contributed by atoms with Gasteiger partial charge < -0.3 is 9.80 Å². The van der Waals surface area contributed by atoms with Gasteiger partial charge in [0.2, 0.25) is 5.91 Å². The van der Waals surface area contributed by atoms with E-state index < -0.39 is 0 Å². The molecule has 2 amide bonds. The van der Waals surface area contributed by atoms with Crippen LogP contribution in [0.5, 0.6) is 0 Å². The SMILES string of the molecule is Cc1c(C(=O)N2CCCC(C)C2)sc2ncn(CC(=O)N3CCCCC3C)c(=O)c12. The molecule has 8 heteroatoms. The Labute approximate surface area is 180 Å². The lowest BCUT2D eigenvalue weighted by atomic mass is 10.00. The second-order valence-corrected chi connectivity index (χ2v) is 9.84. The summed E-state index contributed by atoms with van der Waals surface area (Å²) in [6, 6.07) is 0.206. The number of aromatic nitrogens is 2. The van der Waals surface area contributed by atoms with Gasteiger partial charge in [0.25, 0.3) is 11.5 Å². The monoisotopic (exact) mass is 430 g/mol. The zero-order chi connectivity index (χ0) is 21.4. The Balaban J connectivity index is 1.61. The normalized spacial score (nSPS) is 22.5. The van der Waals surface area contributed by atoms with Crippen molar-refractivity contribution in [2.24, 2.45) is 5.92 Å². The molecule has 4 rings (SSSR count). The number of hydrogen-bond acceptors (Lipinski definition) is 5. The summed E-state index contributed by atoms with van der Waals surface area (Å²) in [6.45, 7) is 8.30. The molecule has 0 spiro atoms. The van der Waals surface area contributed by atoms with Crippen molar-refractivity contribution in [1.29, 1.82) is 0 Å². The van der Waals surface area contributed by atoms with Crippen LogP contribution in [0.1, 0.15) is 61.2 Å². The van der Waals surface area contributed by atoms with Crippen LogP contribution in [-0.2, 0) is 11.3 Å². The van der Waals surface area contributed by atoms with Gasteiger partial charge in [-0.05, 0) is 57.4 Å². The van der Waals surface area contributed by atoms with Gasteiger partial charge in [0.1, 0.15) is 11.4 Å². The van der Waals surface area contributed by atoms with Gasteiger partial charge in [-0.3, -0.25) is 19.0 Å². The molecule has 0 bridgehead atoms. The van der Waals surface area contributed by atoms with Gasteiger partial charge >= 0.3 is 0 Å². The molecule has 7 nitrogen and oxygen atoms in total. The summed E-state index contributed by atoms with van der Waals surface area (Å²) in [4.78, 5) is 48.4. The quantitative estimate of drug-likeness (QED) is 0.750. The van der Waals surface area contributed by atoms with Gasteiger partial charge in [-0.1, -0.05) is 6.92 Å². The number of aryl methyl sites for hydroxylation is 1. The van der Waals surface area contributed by atoms with Crippen LogP contribution >= 0.6 is 11.3 Å². The molecule has 2 fully saturated rings. The van der Waals surface area contributed by atoms with E-state index in [-0.39, 0.29) is 30.0 Å². The first kappa shape index (κ1) is 21.0. The third-order valence-corrected chi connectivity index (χ3v) is 7.67. The van der Waals surface area contributed by atoms with Crippen LogP contribution in [0.4, 0.5) is 0 Å². The molecule has 2 atom stereocenters. The number of hydrogen-bond donors (Lipinski definition) is 0. The van der Waals surface area contributed by atoms with E-state index in [1.807, 2.05) is 16.7 Å². The number of fused-ring (bicyclic) bond motifs is 1. The molecule has 2 aliphatic heterocycles. The van der Waals surface area contributed by atoms with Crippen LogP contribution in [0.15, 0.2) is 11.1 Å². The largest absolute Gasteiger partial charge is 0.338 e. The van der Waals surface area contributed by atoms with Crippen molar-refractivity contribution in [3.05, 3.63) is 27.1 Å². The minimum atomic E-state index is -0.238. The van der Waals surface area contributed by atoms with Crippen molar-refractivity contribution in [2.45, 2.75) is 65.5 Å². The van der Waals surface area contributed by atoms with Gasteiger partial charge in [0.05, 0.1) is 16.6 Å². The molecule has 2 aromatic heterocycles. The highest BCUT2D eigenvalue weighted by Crippen LogP contribution is 2.29. The van der Waals surface area contributed by atoms with Crippen molar-refractivity contribution in [2.75, 3.05) is 19.6 Å². The molecule has 0 saturated carbocycles. The van der Waals surface area contributed by atoms with Gasteiger partial charge in [0.15, 0.2) is 0 Å². The molecule has 30 heavy (non-hydrogen) atoms. The van der Waals surface area contributed by atoms with E-state index in [0.717, 1.165) is 51.7 Å². The van der Waals surface area contributed by atoms with Crippen molar-refractivity contribution in [3.63, 3.8) is 0 Å². The molecule has 2 unspecified atom stereocenters. The predicted octanol–water partition coefficient (Wildman–Crippen LogP) is 3.04. The number of nitrogens with zero attached hydrogens (tertiary/aromatic N) is 4. The van der Waals surface area contributed by atoms with E-state index in [1.165, 1.54) is 22.2 Å². The summed E-state index contributed by atoms with van der Waals surface area (Å²) in [6.07, 6.45) is 6.75. The average Bonchev–Trinajstić information content (AvgIpc) is 3.07. The lowest BCUT2D eigenvalue weighted by molar-refractivity contribution is -0.135. The highest BCUT2D eigenvalue weighted by atomic mass is 32.1. The summed E-state index contributed by atoms with van der Waals surface area (Å²) in [5, 5.41) is 0.468. The molecule has 4 heterocycles. The molecule has 2 aliphatic rings. The number of likely N-dealkylation sites (tertiary alicyclic amines) is 2. The van der Waals surface area contributed by atoms with Crippen LogP contribution in [0, 0.1) is 12.8 Å². The number of amides is 2. The highest BCUT2D eigenvalue weighted by Gasteiger charge is 2.28. The maximum atomic E-state index is 13.1. The van der Waals surface area contributed by atoms with Crippen molar-refractivity contribution < 1.29 is 9.59 Å². The first-order chi connectivity index (χ1) is 14.4. The first-order valence-corrected chi connectivity index (χ1v) is 11.8. The van der Waals surface area contributed by atoms with Crippen LogP contribution < -0.4 is 5.56 Å². The minimum Gasteiger partial charge on any atom is -0.338 e. The fraction of sp³-hybridized carbons (Fsp3) is 0.636. The van der Waals surface area contributed by atoms with E-state index in [9.17, 15) is 14.4 Å². The van der Waals surface area contributed by atoms with Gasteiger partial charge in [0, 0.05) is 25.7 Å². The standard InChI is InChI=1S/C22H30N4O3S/c1-14-7-6-9-24(11-14)22(29)19-16(3)18-20(30-19)23-13-25(21(18)28)12-17(27)26-10-5-4-8-15(26)2/h13-15H,4-12H2,1-3H3. The second-order valence-electron chi connectivity index (χ2n) is 8.84. The summed E-state index contributed by atoms with van der Waals surface area (Å²) in [7, 11) is 0. The fourth-order valence-electron chi connectivity index (χ4n) is 4.70. The van der Waals surface area contributed by atoms with E-state index in [0.29, 0.717) is 26.6 Å². The smallest absolute Gasteiger partial charge is 0.264 e. The Hall–Kier alpha value is -2.22. The third-order valence-electron chi connectivity index (χ3n) is 6.48. The summed E-state index contributed by atoms with van der Waals surface area (Å²) in [5.74, 6) is 0.444. The Morgan fingerprint density at radius 3 is 2.70 bits per heavy atom. The maximum Gasteiger partial charge on any atom is 0.264 e. The molecular weight excluding hydrogens is 400 g/mol. The molecule has 0 aromatic carbocycles. The first-order valence-electron chi connectivity index (χ1n) is 10.9. The molecule has 2 saturated heterocycles. The molecule has 2 aromatic rings. The molecule has 0 radical (unpaired) electrons. The molecule has 162 valence electrons.